The van der Waals surface area contributed by atoms with Gasteiger partial charge < -0.3 is 14.6 Å². The summed E-state index contributed by atoms with van der Waals surface area (Å²) in [7, 11) is -2.15. The smallest absolute Gasteiger partial charge is 0.409 e. The Hall–Kier alpha value is -3.47. The maximum atomic E-state index is 13.2. The van der Waals surface area contributed by atoms with Gasteiger partial charge in [-0.2, -0.15) is 31.4 Å². The molecule has 0 aliphatic carbocycles. The number of carbonyl (C=O) groups excluding carboxylic acids is 2. The van der Waals surface area contributed by atoms with E-state index in [1.165, 1.54) is 9.80 Å². The fourth-order valence-corrected chi connectivity index (χ4v) is 5.95. The van der Waals surface area contributed by atoms with Crippen LogP contribution >= 0.6 is 0 Å². The third-order valence-electron chi connectivity index (χ3n) is 6.36. The number of piperazine rings is 1. The van der Waals surface area contributed by atoms with Gasteiger partial charge in [-0.25, -0.2) is 10.1 Å². The number of pyridine rings is 1. The van der Waals surface area contributed by atoms with Crippen molar-refractivity contribution in [1.82, 2.24) is 20.1 Å². The number of hydrogen-bond acceptors (Lipinski definition) is 7. The third-order valence-corrected chi connectivity index (χ3v) is 7.90. The number of nitrogens with one attached hydrogen (secondary N) is 2. The quantitative estimate of drug-likeness (QED) is 0.293. The molecule has 1 saturated heterocycles. The van der Waals surface area contributed by atoms with Crippen LogP contribution in [0.1, 0.15) is 29.5 Å². The standard InChI is InChI=1S/C22H24F6N6O4Si/c1-39(32-15-8-30-31-20(37)18(15)22(26,27)28)11-38-5-4-16(35)33-9-14-3-2-12-6-13(21(23,24)25)7-29-19(12)34(14)17(36)10-33/h6-8,14,39H,2-5,9-11H2,1H3,(H2,31,32,37)/t14?,39-/m0/s1. The minimum absolute atomic E-state index is 0.0404. The second-order valence-corrected chi connectivity index (χ2v) is 11.7. The average Bonchev–Trinajstić information content (AvgIpc) is 2.84. The number of alkyl halides is 6. The fraction of sp³-hybridized carbons (Fsp3) is 0.500. The molecule has 0 aromatic carbocycles. The zero-order valence-electron chi connectivity index (χ0n) is 20.5. The number of amides is 2. The highest BCUT2D eigenvalue weighted by atomic mass is 28.3. The summed E-state index contributed by atoms with van der Waals surface area (Å²) in [5.74, 6) is -0.643. The van der Waals surface area contributed by atoms with Crippen molar-refractivity contribution in [2.24, 2.45) is 0 Å². The lowest BCUT2D eigenvalue weighted by Gasteiger charge is -2.43. The number of hydrogen-bond donors (Lipinski definition) is 2. The molecule has 2 aliphatic rings. The van der Waals surface area contributed by atoms with Gasteiger partial charge in [0.15, 0.2) is 8.96 Å². The van der Waals surface area contributed by atoms with Gasteiger partial charge in [0.2, 0.25) is 11.8 Å². The van der Waals surface area contributed by atoms with E-state index in [-0.39, 0.29) is 50.5 Å². The summed E-state index contributed by atoms with van der Waals surface area (Å²) >= 11 is 0. The van der Waals surface area contributed by atoms with Crippen LogP contribution in [0.3, 0.4) is 0 Å². The van der Waals surface area contributed by atoms with E-state index < -0.39 is 55.6 Å². The summed E-state index contributed by atoms with van der Waals surface area (Å²) < 4.78 is 84.1. The van der Waals surface area contributed by atoms with Crippen LogP contribution in [0.5, 0.6) is 0 Å². The molecule has 4 heterocycles. The summed E-state index contributed by atoms with van der Waals surface area (Å²) in [5.41, 5.74) is -3.74. The summed E-state index contributed by atoms with van der Waals surface area (Å²) in [6, 6.07) is 0.575. The molecular weight excluding hydrogens is 554 g/mol. The Kier molecular flexibility index (Phi) is 8.01. The summed E-state index contributed by atoms with van der Waals surface area (Å²) in [4.78, 5) is 46.4. The number of halogens is 6. The molecule has 0 bridgehead atoms. The van der Waals surface area contributed by atoms with Crippen LogP contribution in [0.25, 0.3) is 0 Å². The largest absolute Gasteiger partial charge is 0.423 e. The molecule has 10 nitrogen and oxygen atoms in total. The molecule has 1 unspecified atom stereocenters. The first kappa shape index (κ1) is 28.5. The van der Waals surface area contributed by atoms with Gasteiger partial charge in [0, 0.05) is 12.7 Å². The number of anilines is 2. The lowest BCUT2D eigenvalue weighted by Crippen LogP contribution is -2.59. The third kappa shape index (κ3) is 6.40. The van der Waals surface area contributed by atoms with Crippen molar-refractivity contribution in [3.63, 3.8) is 0 Å². The van der Waals surface area contributed by atoms with Gasteiger partial charge in [0.1, 0.15) is 17.9 Å². The molecule has 2 aromatic rings. The zero-order valence-corrected chi connectivity index (χ0v) is 21.7. The van der Waals surface area contributed by atoms with E-state index in [2.05, 4.69) is 15.1 Å². The highest BCUT2D eigenvalue weighted by Gasteiger charge is 2.41. The van der Waals surface area contributed by atoms with Crippen LogP contribution < -0.4 is 15.4 Å². The van der Waals surface area contributed by atoms with Gasteiger partial charge >= 0.3 is 12.4 Å². The first-order chi connectivity index (χ1) is 18.3. The van der Waals surface area contributed by atoms with Crippen LogP contribution in [0.15, 0.2) is 23.3 Å². The number of fused-ring (bicyclic) bond motifs is 3. The molecule has 2 aromatic heterocycles. The molecule has 2 atom stereocenters. The molecule has 0 saturated carbocycles. The Morgan fingerprint density at radius 2 is 1.95 bits per heavy atom. The molecule has 1 fully saturated rings. The second-order valence-electron chi connectivity index (χ2n) is 9.29. The van der Waals surface area contributed by atoms with Crippen LogP contribution in [0, 0.1) is 0 Å². The highest BCUT2D eigenvalue weighted by molar-refractivity contribution is 6.61. The van der Waals surface area contributed by atoms with E-state index in [4.69, 9.17) is 4.74 Å². The van der Waals surface area contributed by atoms with Crippen molar-refractivity contribution in [2.45, 2.75) is 44.2 Å². The number of carbonyl (C=O) groups is 2. The number of ether oxygens (including phenoxy) is 1. The topological polar surface area (TPSA) is 121 Å². The number of H-pyrrole nitrogens is 1. The minimum atomic E-state index is -4.87. The number of aromatic amines is 1. The van der Waals surface area contributed by atoms with E-state index in [0.717, 1.165) is 12.3 Å². The number of rotatable bonds is 7. The highest BCUT2D eigenvalue weighted by Crippen LogP contribution is 2.36. The summed E-state index contributed by atoms with van der Waals surface area (Å²) in [5, 5.41) is 5.15. The zero-order chi connectivity index (χ0) is 28.5. The van der Waals surface area contributed by atoms with Crippen molar-refractivity contribution in [2.75, 3.05) is 35.8 Å². The molecule has 4 rings (SSSR count). The SMILES string of the molecule is C[Si@@H](COCCC(=O)N1CC(=O)N2c3ncc(C(F)(F)F)cc3CCC2C1)Nc1cn[nH]c(=O)c1C(F)(F)F. The Bertz CT molecular complexity index is 1300. The van der Waals surface area contributed by atoms with E-state index in [9.17, 15) is 40.7 Å². The normalized spacial score (nSPS) is 18.4. The lowest BCUT2D eigenvalue weighted by molar-refractivity contribution is -0.139. The molecule has 0 radical (unpaired) electrons. The molecule has 39 heavy (non-hydrogen) atoms. The molecule has 2 amide bonds. The number of aryl methyl sites for hydroxylation is 1. The molecule has 17 heteroatoms. The van der Waals surface area contributed by atoms with Crippen molar-refractivity contribution in [3.05, 3.63) is 45.5 Å². The summed E-state index contributed by atoms with van der Waals surface area (Å²) in [6.07, 6.45) is -7.23. The van der Waals surface area contributed by atoms with E-state index >= 15 is 0 Å². The predicted octanol–water partition coefficient (Wildman–Crippen LogP) is 2.10. The predicted molar refractivity (Wildman–Crippen MR) is 127 cm³/mol. The Labute approximate surface area is 219 Å². The van der Waals surface area contributed by atoms with E-state index in [1.54, 1.807) is 11.6 Å². The van der Waals surface area contributed by atoms with E-state index in [0.29, 0.717) is 18.2 Å². The van der Waals surface area contributed by atoms with Crippen molar-refractivity contribution in [3.8, 4) is 0 Å². The molecule has 2 N–H and O–H groups in total. The Morgan fingerprint density at radius 1 is 1.21 bits per heavy atom. The van der Waals surface area contributed by atoms with Crippen LogP contribution in [0.4, 0.5) is 37.8 Å². The molecule has 212 valence electrons. The molecule has 0 spiro atoms. The van der Waals surface area contributed by atoms with Crippen LogP contribution in [-0.2, 0) is 33.1 Å². The van der Waals surface area contributed by atoms with E-state index in [1.807, 2.05) is 0 Å². The summed E-state index contributed by atoms with van der Waals surface area (Å²) in [6.45, 7) is 1.55. The van der Waals surface area contributed by atoms with Gasteiger partial charge in [-0.05, 0) is 24.5 Å². The van der Waals surface area contributed by atoms with Gasteiger partial charge in [-0.3, -0.25) is 19.3 Å². The minimum Gasteiger partial charge on any atom is -0.409 e. The van der Waals surface area contributed by atoms with Crippen LogP contribution in [0.2, 0.25) is 6.55 Å². The fourth-order valence-electron chi connectivity index (χ4n) is 4.60. The Morgan fingerprint density at radius 3 is 2.64 bits per heavy atom. The Balaban J connectivity index is 1.28. The van der Waals surface area contributed by atoms with Crippen molar-refractivity contribution < 1.29 is 40.7 Å². The maximum absolute atomic E-state index is 13.2. The number of nitrogens with zero attached hydrogens (tertiary/aromatic N) is 4. The monoisotopic (exact) mass is 578 g/mol. The van der Waals surface area contributed by atoms with Gasteiger partial charge in [-0.1, -0.05) is 6.55 Å². The second kappa shape index (κ2) is 11.0. The van der Waals surface area contributed by atoms with Gasteiger partial charge in [0.05, 0.1) is 42.7 Å². The average molecular weight is 579 g/mol. The van der Waals surface area contributed by atoms with Crippen molar-refractivity contribution >= 4 is 32.3 Å². The lowest BCUT2D eigenvalue weighted by atomic mass is 9.95. The first-order valence-corrected chi connectivity index (χ1v) is 14.5. The number of aromatic nitrogens is 3. The first-order valence-electron chi connectivity index (χ1n) is 11.9. The molecular formula is C22H24F6N6O4Si. The molecule has 2 aliphatic heterocycles. The van der Waals surface area contributed by atoms with Crippen molar-refractivity contribution in [1.29, 1.82) is 0 Å². The maximum Gasteiger partial charge on any atom is 0.423 e. The van der Waals surface area contributed by atoms with Crippen LogP contribution in [-0.4, -0.2) is 72.8 Å². The van der Waals surface area contributed by atoms with Gasteiger partial charge in [-0.15, -0.1) is 0 Å². The van der Waals surface area contributed by atoms with Gasteiger partial charge in [0.25, 0.3) is 5.56 Å².